The minimum absolute atomic E-state index is 0.681. The summed E-state index contributed by atoms with van der Waals surface area (Å²) < 4.78 is 13.4. The highest BCUT2D eigenvalue weighted by molar-refractivity contribution is 7.30. The van der Waals surface area contributed by atoms with Crippen molar-refractivity contribution in [1.82, 2.24) is 0 Å². The monoisotopic (exact) mass is 1310 g/mol. The first-order chi connectivity index (χ1) is 43.3. The molecule has 11 aromatic rings. The summed E-state index contributed by atoms with van der Waals surface area (Å²) in [7, 11) is 0. The Kier molecular flexibility index (Phi) is 23.1. The lowest BCUT2D eigenvalue weighted by Gasteiger charge is -2.15. The van der Waals surface area contributed by atoms with Crippen LogP contribution in [-0.4, -0.2) is 13.2 Å². The van der Waals surface area contributed by atoms with Crippen LogP contribution in [0.2, 0.25) is 0 Å². The molecule has 0 aliphatic heterocycles. The molecule has 0 saturated carbocycles. The van der Waals surface area contributed by atoms with E-state index in [1.807, 2.05) is 90.7 Å². The number of hydrogen-bond donors (Lipinski definition) is 0. The van der Waals surface area contributed by atoms with E-state index in [4.69, 9.17) is 9.47 Å². The van der Waals surface area contributed by atoms with Crippen molar-refractivity contribution in [2.45, 2.75) is 144 Å². The summed E-state index contributed by atoms with van der Waals surface area (Å²) in [5.41, 5.74) is 12.7. The van der Waals surface area contributed by atoms with Crippen LogP contribution in [0.4, 0.5) is 0 Å². The summed E-state index contributed by atoms with van der Waals surface area (Å²) in [6.07, 6.45) is 27.1. The van der Waals surface area contributed by atoms with Crippen molar-refractivity contribution in [3.8, 4) is 90.9 Å². The maximum atomic E-state index is 6.72. The van der Waals surface area contributed by atoms with Crippen LogP contribution in [-0.2, 0) is 25.7 Å². The largest absolute Gasteiger partial charge is 0.493 e. The molecule has 0 saturated heterocycles. The van der Waals surface area contributed by atoms with Gasteiger partial charge in [-0.25, -0.2) is 0 Å². The molecule has 8 aromatic heterocycles. The molecule has 0 radical (unpaired) electrons. The van der Waals surface area contributed by atoms with Crippen molar-refractivity contribution >= 4 is 115 Å². The predicted molar refractivity (Wildman–Crippen MR) is 399 cm³/mol. The summed E-state index contributed by atoms with van der Waals surface area (Å²) in [5.74, 6) is 1.78. The van der Waals surface area contributed by atoms with Crippen molar-refractivity contribution in [3.63, 3.8) is 0 Å². The second-order valence-electron chi connectivity index (χ2n) is 22.8. The first kappa shape index (κ1) is 63.9. The molecule has 8 heterocycles. The molecule has 0 atom stereocenters. The summed E-state index contributed by atoms with van der Waals surface area (Å²) in [4.78, 5) is 19.3. The van der Waals surface area contributed by atoms with Gasteiger partial charge in [0.2, 0.25) is 0 Å². The Hall–Kier alpha value is -5.66. The zero-order valence-electron chi connectivity index (χ0n) is 52.0. The average molecular weight is 1310 g/mol. The molecule has 0 spiro atoms. The maximum absolute atomic E-state index is 6.72. The molecule has 0 aliphatic carbocycles. The van der Waals surface area contributed by atoms with Gasteiger partial charge in [0.1, 0.15) is 11.5 Å². The fourth-order valence-electron chi connectivity index (χ4n) is 11.3. The van der Waals surface area contributed by atoms with Gasteiger partial charge in [0.15, 0.2) is 0 Å². The fraction of sp³-hybridized carbons (Fsp3) is 0.308. The van der Waals surface area contributed by atoms with Gasteiger partial charge in [0.25, 0.3) is 0 Å². The van der Waals surface area contributed by atoms with Crippen LogP contribution in [0.1, 0.15) is 163 Å². The summed E-state index contributed by atoms with van der Waals surface area (Å²) in [5, 5.41) is 4.50. The van der Waals surface area contributed by atoms with Gasteiger partial charge in [0.05, 0.1) is 13.2 Å². The number of ether oxygens (including phenoxy) is 2. The number of unbranched alkanes of at least 4 members (excludes halogenated alkanes) is 6. The molecule has 0 bridgehead atoms. The van der Waals surface area contributed by atoms with Crippen LogP contribution in [0, 0.1) is 0 Å². The lowest BCUT2D eigenvalue weighted by Crippen LogP contribution is -2.03. The molecule has 88 heavy (non-hydrogen) atoms. The predicted octanol–water partition coefficient (Wildman–Crippen LogP) is 27.6. The lowest BCUT2D eigenvalue weighted by atomic mass is 10.0. The molecule has 0 aliphatic rings. The molecule has 10 heteroatoms. The van der Waals surface area contributed by atoms with Crippen LogP contribution in [0.5, 0.6) is 11.5 Å². The van der Waals surface area contributed by atoms with Crippen LogP contribution in [0.3, 0.4) is 0 Å². The number of benzene rings is 3. The van der Waals surface area contributed by atoms with Gasteiger partial charge < -0.3 is 9.47 Å². The Morgan fingerprint density at radius 3 is 1.01 bits per heavy atom. The third-order valence-corrected chi connectivity index (χ3v) is 25.8. The first-order valence-corrected chi connectivity index (χ1v) is 38.8. The van der Waals surface area contributed by atoms with Crippen molar-refractivity contribution < 1.29 is 9.47 Å². The third-order valence-electron chi connectivity index (χ3n) is 15.9. The van der Waals surface area contributed by atoms with Gasteiger partial charge in [-0.15, -0.1) is 90.7 Å². The number of thiophene rings is 8. The van der Waals surface area contributed by atoms with E-state index in [2.05, 4.69) is 210 Å². The van der Waals surface area contributed by atoms with E-state index in [0.29, 0.717) is 13.2 Å². The average Bonchev–Trinajstić information content (AvgIpc) is 2.89. The molecular formula is C78H82O2S8. The van der Waals surface area contributed by atoms with E-state index in [1.54, 1.807) is 0 Å². The summed E-state index contributed by atoms with van der Waals surface area (Å²) >= 11 is 15.4. The second kappa shape index (κ2) is 31.9. The van der Waals surface area contributed by atoms with E-state index >= 15 is 0 Å². The summed E-state index contributed by atoms with van der Waals surface area (Å²) in [6.45, 7) is 15.0. The van der Waals surface area contributed by atoms with Gasteiger partial charge in [-0.1, -0.05) is 179 Å². The molecule has 0 fully saturated rings. The van der Waals surface area contributed by atoms with E-state index in [-0.39, 0.29) is 0 Å². The molecule has 0 unspecified atom stereocenters. The summed E-state index contributed by atoms with van der Waals surface area (Å²) in [6, 6.07) is 50.8. The Morgan fingerprint density at radius 1 is 0.295 bits per heavy atom. The van der Waals surface area contributed by atoms with Crippen LogP contribution in [0.25, 0.3) is 104 Å². The van der Waals surface area contributed by atoms with E-state index in [9.17, 15) is 0 Å². The normalized spacial score (nSPS) is 11.8. The Bertz CT molecular complexity index is 3760. The zero-order chi connectivity index (χ0) is 60.6. The van der Waals surface area contributed by atoms with Crippen molar-refractivity contribution in [1.29, 1.82) is 0 Å². The first-order valence-electron chi connectivity index (χ1n) is 32.1. The van der Waals surface area contributed by atoms with E-state index in [0.717, 1.165) is 98.0 Å². The molecular weight excluding hydrogens is 1230 g/mol. The second-order valence-corrected chi connectivity index (χ2v) is 31.1. The van der Waals surface area contributed by atoms with Crippen molar-refractivity contribution in [2.75, 3.05) is 13.2 Å². The molecule has 2 nitrogen and oxygen atoms in total. The highest BCUT2D eigenvalue weighted by atomic mass is 32.1. The van der Waals surface area contributed by atoms with Crippen LogP contribution < -0.4 is 9.47 Å². The molecule has 3 aromatic carbocycles. The van der Waals surface area contributed by atoms with Gasteiger partial charge in [-0.2, -0.15) is 0 Å². The Labute approximate surface area is 556 Å². The van der Waals surface area contributed by atoms with Crippen molar-refractivity contribution in [2.24, 2.45) is 0 Å². The SMILES string of the molecule is CCCCCCOc1cc(/C=C/c2ccc(-c3cc(CCC)c(-c4ccc(-c5ccc(-c6sccc6CCC)s5)s4)s3)cc2)c(OCCCCCC)cc1/C=C/c1ccc(-c2cc(CCC)c(-c3ccc(-c4ccc(-c5sccc5CCC)s4)s3)s2)cc1. The minimum atomic E-state index is 0.681. The topological polar surface area (TPSA) is 18.5 Å². The number of aryl methyl sites for hydroxylation is 4. The maximum Gasteiger partial charge on any atom is 0.127 e. The molecule has 454 valence electrons. The molecule has 11 rings (SSSR count). The third kappa shape index (κ3) is 15.9. The van der Waals surface area contributed by atoms with Gasteiger partial charge in [-0.05, 0) is 179 Å². The Morgan fingerprint density at radius 2 is 0.648 bits per heavy atom. The van der Waals surface area contributed by atoms with Gasteiger partial charge in [-0.3, -0.25) is 0 Å². The smallest absolute Gasteiger partial charge is 0.127 e. The quantitative estimate of drug-likeness (QED) is 0.0309. The van der Waals surface area contributed by atoms with Crippen LogP contribution >= 0.6 is 90.7 Å². The molecule has 0 amide bonds. The lowest BCUT2D eigenvalue weighted by molar-refractivity contribution is 0.296. The van der Waals surface area contributed by atoms with E-state index in [1.165, 1.54) is 140 Å². The Balaban J connectivity index is 0.812. The minimum Gasteiger partial charge on any atom is -0.493 e. The number of rotatable bonds is 32. The van der Waals surface area contributed by atoms with Gasteiger partial charge >= 0.3 is 0 Å². The standard InChI is InChI=1S/C78H82O2S8/c1-7-13-15-17-45-79-63-49-60(34-28-54-25-31-56(32-26-54)74-52-62(22-12-6)78(88-74)72-42-38-68(86-72)66-36-40-70(84-66)76-58(20-10-4)44-48-82-76)64(80-46-18-16-14-8-2)50-59(63)33-27-53-23-29-55(30-24-53)73-51-61(21-11-5)77(87-73)71-41-37-67(85-71)65-35-39-69(83-65)75-57(19-9-3)43-47-81-75/h23-44,47-52H,7-22,45-46H2,1-6H3/b33-27+,34-28+. The van der Waals surface area contributed by atoms with Gasteiger partial charge in [0, 0.05) is 79.4 Å². The highest BCUT2D eigenvalue weighted by Crippen LogP contribution is 2.49. The molecule has 0 N–H and O–H groups in total. The van der Waals surface area contributed by atoms with E-state index < -0.39 is 0 Å². The zero-order valence-corrected chi connectivity index (χ0v) is 58.5. The number of hydrogen-bond acceptors (Lipinski definition) is 10. The van der Waals surface area contributed by atoms with Crippen LogP contribution in [0.15, 0.2) is 144 Å². The highest BCUT2D eigenvalue weighted by Gasteiger charge is 2.20. The fourth-order valence-corrected chi connectivity index (χ4v) is 20.5. The van der Waals surface area contributed by atoms with Crippen molar-refractivity contribution in [3.05, 3.63) is 189 Å².